The molecular weight excluding hydrogens is 374 g/mol. The molecule has 8 nitrogen and oxygen atoms in total. The Kier molecular flexibility index (Phi) is 4.24. The highest BCUT2D eigenvalue weighted by Gasteiger charge is 2.39. The number of aromatic hydroxyl groups is 1. The van der Waals surface area contributed by atoms with Gasteiger partial charge in [-0.05, 0) is 43.4 Å². The zero-order chi connectivity index (χ0) is 20.1. The van der Waals surface area contributed by atoms with Crippen molar-refractivity contribution in [3.05, 3.63) is 39.7 Å². The molecule has 5 N–H and O–H groups in total. The third-order valence-electron chi connectivity index (χ3n) is 6.47. The second-order valence-electron chi connectivity index (χ2n) is 8.06. The number of fused-ring (bicyclic) bond motifs is 4. The van der Waals surface area contributed by atoms with Crippen molar-refractivity contribution >= 4 is 11.7 Å². The van der Waals surface area contributed by atoms with Gasteiger partial charge >= 0.3 is 5.97 Å². The number of H-pyrrole nitrogens is 1. The summed E-state index contributed by atoms with van der Waals surface area (Å²) in [5.41, 5.74) is 0.938. The summed E-state index contributed by atoms with van der Waals surface area (Å²) in [6, 6.07) is 6.12. The van der Waals surface area contributed by atoms with Gasteiger partial charge in [0.25, 0.3) is 5.56 Å². The summed E-state index contributed by atoms with van der Waals surface area (Å²) < 4.78 is 5.89. The summed E-state index contributed by atoms with van der Waals surface area (Å²) in [7, 11) is 0. The van der Waals surface area contributed by atoms with Gasteiger partial charge in [0.2, 0.25) is 0 Å². The summed E-state index contributed by atoms with van der Waals surface area (Å²) in [5, 5.41) is 26.7. The smallest absolute Gasteiger partial charge is 0.345 e. The summed E-state index contributed by atoms with van der Waals surface area (Å²) in [5.74, 6) is 0.0467. The average molecular weight is 397 g/mol. The van der Waals surface area contributed by atoms with Gasteiger partial charge in [0.05, 0.1) is 12.3 Å². The molecule has 152 valence electrons. The number of benzene rings is 1. The second kappa shape index (κ2) is 6.81. The Bertz CT molecular complexity index is 1050. The highest BCUT2D eigenvalue weighted by Crippen LogP contribution is 2.40. The highest BCUT2D eigenvalue weighted by atomic mass is 16.5. The second-order valence-corrected chi connectivity index (χ2v) is 8.06. The number of carboxylic acid groups (broad SMARTS) is 1. The molecule has 0 spiro atoms. The Hall–Kier alpha value is -3.00. The van der Waals surface area contributed by atoms with Crippen molar-refractivity contribution in [1.29, 1.82) is 0 Å². The Morgan fingerprint density at radius 3 is 2.93 bits per heavy atom. The predicted octanol–water partition coefficient (Wildman–Crippen LogP) is 1.79. The summed E-state index contributed by atoms with van der Waals surface area (Å²) in [6.07, 6.45) is 2.68. The number of nitrogens with one attached hydrogen (secondary N) is 3. The number of rotatable bonds is 3. The first kappa shape index (κ1) is 18.1. The zero-order valence-electron chi connectivity index (χ0n) is 15.8. The van der Waals surface area contributed by atoms with Crippen LogP contribution < -0.4 is 20.9 Å². The molecule has 5 rings (SSSR count). The van der Waals surface area contributed by atoms with Gasteiger partial charge in [-0.2, -0.15) is 0 Å². The van der Waals surface area contributed by atoms with Crippen molar-refractivity contribution < 1.29 is 19.7 Å². The highest BCUT2D eigenvalue weighted by molar-refractivity contribution is 5.92. The van der Waals surface area contributed by atoms with Crippen molar-refractivity contribution in [2.75, 3.05) is 25.0 Å². The summed E-state index contributed by atoms with van der Waals surface area (Å²) in [6.45, 7) is 2.42. The molecule has 0 unspecified atom stereocenters. The average Bonchev–Trinajstić information content (AvgIpc) is 3.23. The molecule has 3 heterocycles. The van der Waals surface area contributed by atoms with Crippen molar-refractivity contribution in [2.24, 2.45) is 11.8 Å². The lowest BCUT2D eigenvalue weighted by Crippen LogP contribution is -2.28. The van der Waals surface area contributed by atoms with E-state index in [-0.39, 0.29) is 6.61 Å². The lowest BCUT2D eigenvalue weighted by Gasteiger charge is -2.21. The van der Waals surface area contributed by atoms with E-state index in [0.29, 0.717) is 41.0 Å². The van der Waals surface area contributed by atoms with Crippen LogP contribution in [0.2, 0.25) is 0 Å². The van der Waals surface area contributed by atoms with E-state index >= 15 is 0 Å². The van der Waals surface area contributed by atoms with Crippen LogP contribution in [0.3, 0.4) is 0 Å². The number of hydrogen-bond donors (Lipinski definition) is 5. The molecule has 2 aliphatic heterocycles. The van der Waals surface area contributed by atoms with E-state index in [2.05, 4.69) is 15.6 Å². The molecule has 1 aromatic carbocycles. The Balaban J connectivity index is 1.50. The molecule has 1 aromatic heterocycles. The van der Waals surface area contributed by atoms with Gasteiger partial charge in [-0.1, -0.05) is 0 Å². The van der Waals surface area contributed by atoms with Crippen LogP contribution in [0.25, 0.3) is 11.3 Å². The number of hydrogen-bond acceptors (Lipinski definition) is 6. The van der Waals surface area contributed by atoms with E-state index in [1.807, 2.05) is 18.2 Å². The third-order valence-corrected chi connectivity index (χ3v) is 6.47. The van der Waals surface area contributed by atoms with Crippen LogP contribution in [-0.2, 0) is 6.42 Å². The van der Waals surface area contributed by atoms with Gasteiger partial charge in [-0.3, -0.25) is 4.79 Å². The first-order valence-electron chi connectivity index (χ1n) is 9.99. The SMILES string of the molecule is O=C(O)c1c(O)c2c([nH]c1=O)-c1ccc(N[C@@H]3CC[C@H]4CNC[C@H]43)cc1OCC2. The van der Waals surface area contributed by atoms with Crippen LogP contribution in [0, 0.1) is 11.8 Å². The number of pyridine rings is 1. The number of ether oxygens (including phenoxy) is 1. The Morgan fingerprint density at radius 1 is 1.24 bits per heavy atom. The molecule has 2 fully saturated rings. The van der Waals surface area contributed by atoms with Crippen LogP contribution in [0.1, 0.15) is 28.8 Å². The standard InChI is InChI=1S/C21H23N3O5/c25-19-13-5-6-29-16-7-11(23-15-4-1-10-8-22-9-14(10)15)2-3-12(16)18(13)24-20(26)17(19)21(27)28/h2-3,7,10,14-15,22-23H,1,4-6,8-9H2,(H,27,28)(H2,24,25,26)/t10-,14+,15+/m0/s1. The third kappa shape index (κ3) is 2.95. The van der Waals surface area contributed by atoms with Crippen molar-refractivity contribution in [1.82, 2.24) is 10.3 Å². The van der Waals surface area contributed by atoms with Crippen molar-refractivity contribution in [3.63, 3.8) is 0 Å². The largest absolute Gasteiger partial charge is 0.506 e. The monoisotopic (exact) mass is 397 g/mol. The molecule has 1 saturated carbocycles. The van der Waals surface area contributed by atoms with E-state index in [9.17, 15) is 19.8 Å². The molecule has 0 radical (unpaired) electrons. The minimum absolute atomic E-state index is 0.278. The molecule has 1 aliphatic carbocycles. The van der Waals surface area contributed by atoms with Crippen LogP contribution in [0.5, 0.6) is 11.5 Å². The van der Waals surface area contributed by atoms with Crippen LogP contribution in [-0.4, -0.2) is 46.9 Å². The summed E-state index contributed by atoms with van der Waals surface area (Å²) >= 11 is 0. The first-order chi connectivity index (χ1) is 14.0. The predicted molar refractivity (Wildman–Crippen MR) is 107 cm³/mol. The number of carboxylic acids is 1. The molecule has 0 amide bonds. The normalized spacial score (nSPS) is 24.8. The van der Waals surface area contributed by atoms with E-state index in [4.69, 9.17) is 4.74 Å². The molecule has 2 aromatic rings. The molecule has 8 heteroatoms. The number of aromatic nitrogens is 1. The molecule has 3 atom stereocenters. The molecule has 0 bridgehead atoms. The van der Waals surface area contributed by atoms with Gasteiger partial charge in [0.15, 0.2) is 5.56 Å². The maximum atomic E-state index is 12.2. The van der Waals surface area contributed by atoms with Crippen molar-refractivity contribution in [3.8, 4) is 22.8 Å². The topological polar surface area (TPSA) is 124 Å². The molecule has 3 aliphatic rings. The quantitative estimate of drug-likeness (QED) is 0.535. The molecular formula is C21H23N3O5. The van der Waals surface area contributed by atoms with Gasteiger partial charge in [0.1, 0.15) is 11.5 Å². The van der Waals surface area contributed by atoms with Gasteiger partial charge in [-0.15, -0.1) is 0 Å². The lowest BCUT2D eigenvalue weighted by atomic mass is 9.97. The van der Waals surface area contributed by atoms with Crippen LogP contribution >= 0.6 is 0 Å². The van der Waals surface area contributed by atoms with E-state index in [0.717, 1.165) is 31.1 Å². The van der Waals surface area contributed by atoms with Crippen LogP contribution in [0.4, 0.5) is 5.69 Å². The Labute approximate surface area is 166 Å². The van der Waals surface area contributed by atoms with Gasteiger partial charge in [-0.25, -0.2) is 4.79 Å². The molecule has 1 saturated heterocycles. The minimum atomic E-state index is -1.45. The fourth-order valence-electron chi connectivity index (χ4n) is 5.04. The van der Waals surface area contributed by atoms with E-state index in [1.165, 1.54) is 6.42 Å². The first-order valence-corrected chi connectivity index (χ1v) is 9.99. The van der Waals surface area contributed by atoms with Crippen LogP contribution in [0.15, 0.2) is 23.0 Å². The van der Waals surface area contributed by atoms with E-state index in [1.54, 1.807) is 0 Å². The summed E-state index contributed by atoms with van der Waals surface area (Å²) in [4.78, 5) is 26.2. The minimum Gasteiger partial charge on any atom is -0.506 e. The zero-order valence-corrected chi connectivity index (χ0v) is 15.8. The van der Waals surface area contributed by atoms with Gasteiger partial charge in [0, 0.05) is 41.9 Å². The Morgan fingerprint density at radius 2 is 2.10 bits per heavy atom. The van der Waals surface area contributed by atoms with E-state index < -0.39 is 22.8 Å². The molecule has 29 heavy (non-hydrogen) atoms. The van der Waals surface area contributed by atoms with Crippen molar-refractivity contribution in [2.45, 2.75) is 25.3 Å². The number of aromatic amines is 1. The maximum absolute atomic E-state index is 12.2. The fraction of sp³-hybridized carbons (Fsp3) is 0.429. The lowest BCUT2D eigenvalue weighted by molar-refractivity contribution is 0.0691. The fourth-order valence-corrected chi connectivity index (χ4v) is 5.04. The maximum Gasteiger partial charge on any atom is 0.345 e. The number of carbonyl (C=O) groups is 1. The number of anilines is 1. The number of aromatic carboxylic acids is 1. The van der Waals surface area contributed by atoms with Gasteiger partial charge < -0.3 is 30.6 Å².